The predicted molar refractivity (Wildman–Crippen MR) is 76.2 cm³/mol. The Hall–Kier alpha value is -0.280. The van der Waals surface area contributed by atoms with E-state index in [4.69, 9.17) is 23.2 Å². The molecule has 0 saturated carbocycles. The number of benzene rings is 1. The quantitative estimate of drug-likeness (QED) is 0.858. The van der Waals surface area contributed by atoms with Gasteiger partial charge in [-0.15, -0.1) is 0 Å². The molecule has 0 aliphatic heterocycles. The molecule has 96 valence electrons. The van der Waals surface area contributed by atoms with E-state index in [2.05, 4.69) is 24.3 Å². The highest BCUT2D eigenvalue weighted by Crippen LogP contribution is 2.25. The van der Waals surface area contributed by atoms with Crippen molar-refractivity contribution in [2.45, 2.75) is 18.9 Å². The Morgan fingerprint density at radius 1 is 1.24 bits per heavy atom. The number of hydrogen-bond donors (Lipinski definition) is 1. The van der Waals surface area contributed by atoms with Gasteiger partial charge in [0, 0.05) is 16.1 Å². The maximum atomic E-state index is 6.17. The van der Waals surface area contributed by atoms with Crippen LogP contribution in [-0.4, -0.2) is 38.6 Å². The third-order valence-electron chi connectivity index (χ3n) is 2.85. The van der Waals surface area contributed by atoms with E-state index in [0.717, 1.165) is 35.0 Å². The first kappa shape index (κ1) is 14.8. The summed E-state index contributed by atoms with van der Waals surface area (Å²) in [5, 5.41) is 4.82. The molecule has 1 rings (SSSR count). The Balaban J connectivity index is 2.67. The van der Waals surface area contributed by atoms with Gasteiger partial charge in [-0.2, -0.15) is 0 Å². The summed E-state index contributed by atoms with van der Waals surface area (Å²) in [7, 11) is 6.13. The van der Waals surface area contributed by atoms with Crippen molar-refractivity contribution in [3.05, 3.63) is 33.8 Å². The maximum Gasteiger partial charge on any atom is 0.0453 e. The van der Waals surface area contributed by atoms with Crippen LogP contribution in [0.5, 0.6) is 0 Å². The fraction of sp³-hybridized carbons (Fsp3) is 0.538. The smallest absolute Gasteiger partial charge is 0.0453 e. The van der Waals surface area contributed by atoms with Crippen LogP contribution in [0.25, 0.3) is 0 Å². The number of likely N-dealkylation sites (N-methyl/N-ethyl adjacent to an activating group) is 1. The van der Waals surface area contributed by atoms with Gasteiger partial charge in [0.1, 0.15) is 0 Å². The topological polar surface area (TPSA) is 15.3 Å². The summed E-state index contributed by atoms with van der Waals surface area (Å²) in [6.07, 6.45) is 1.94. The Bertz CT molecular complexity index is 333. The first-order valence-electron chi connectivity index (χ1n) is 5.79. The van der Waals surface area contributed by atoms with Gasteiger partial charge in [0.2, 0.25) is 0 Å². The van der Waals surface area contributed by atoms with Crippen molar-refractivity contribution in [3.8, 4) is 0 Å². The van der Waals surface area contributed by atoms with Gasteiger partial charge in [-0.25, -0.2) is 0 Å². The molecule has 0 fully saturated rings. The number of nitrogens with one attached hydrogen (secondary N) is 1. The lowest BCUT2D eigenvalue weighted by Crippen LogP contribution is -2.31. The van der Waals surface area contributed by atoms with Crippen molar-refractivity contribution in [1.29, 1.82) is 0 Å². The highest BCUT2D eigenvalue weighted by molar-refractivity contribution is 6.35. The van der Waals surface area contributed by atoms with Gasteiger partial charge >= 0.3 is 0 Å². The largest absolute Gasteiger partial charge is 0.317 e. The SMILES string of the molecule is CNC(CCN(C)C)Cc1c(Cl)cccc1Cl. The van der Waals surface area contributed by atoms with Crippen LogP contribution >= 0.6 is 23.2 Å². The van der Waals surface area contributed by atoms with Crippen LogP contribution in [-0.2, 0) is 6.42 Å². The molecule has 0 bridgehead atoms. The van der Waals surface area contributed by atoms with Gasteiger partial charge in [0.25, 0.3) is 0 Å². The summed E-state index contributed by atoms with van der Waals surface area (Å²) in [5.41, 5.74) is 1.04. The second kappa shape index (κ2) is 7.22. The van der Waals surface area contributed by atoms with Crippen LogP contribution in [0.2, 0.25) is 10.0 Å². The van der Waals surface area contributed by atoms with Gasteiger partial charge in [-0.05, 0) is 58.2 Å². The minimum absolute atomic E-state index is 0.398. The molecule has 0 radical (unpaired) electrons. The molecular weight excluding hydrogens is 255 g/mol. The van der Waals surface area contributed by atoms with E-state index < -0.39 is 0 Å². The van der Waals surface area contributed by atoms with E-state index in [1.54, 1.807) is 0 Å². The summed E-state index contributed by atoms with van der Waals surface area (Å²) in [6.45, 7) is 1.05. The summed E-state index contributed by atoms with van der Waals surface area (Å²) < 4.78 is 0. The summed E-state index contributed by atoms with van der Waals surface area (Å²) in [4.78, 5) is 2.18. The normalized spacial score (nSPS) is 13.1. The zero-order chi connectivity index (χ0) is 12.8. The van der Waals surface area contributed by atoms with Crippen molar-refractivity contribution >= 4 is 23.2 Å². The van der Waals surface area contributed by atoms with Gasteiger partial charge in [-0.1, -0.05) is 29.3 Å². The zero-order valence-electron chi connectivity index (χ0n) is 10.6. The number of hydrogen-bond acceptors (Lipinski definition) is 2. The van der Waals surface area contributed by atoms with Crippen LogP contribution in [0.3, 0.4) is 0 Å². The van der Waals surface area contributed by atoms with E-state index in [0.29, 0.717) is 6.04 Å². The van der Waals surface area contributed by atoms with Crippen molar-refractivity contribution in [3.63, 3.8) is 0 Å². The van der Waals surface area contributed by atoms with Crippen molar-refractivity contribution in [2.75, 3.05) is 27.7 Å². The Kier molecular flexibility index (Phi) is 6.28. The van der Waals surface area contributed by atoms with Crippen LogP contribution < -0.4 is 5.32 Å². The summed E-state index contributed by atoms with van der Waals surface area (Å²) in [5.74, 6) is 0. The van der Waals surface area contributed by atoms with Crippen LogP contribution in [0, 0.1) is 0 Å². The van der Waals surface area contributed by atoms with Crippen LogP contribution in [0.1, 0.15) is 12.0 Å². The van der Waals surface area contributed by atoms with Crippen molar-refractivity contribution < 1.29 is 0 Å². The minimum Gasteiger partial charge on any atom is -0.317 e. The predicted octanol–water partition coefficient (Wildman–Crippen LogP) is 3.08. The van der Waals surface area contributed by atoms with Gasteiger partial charge < -0.3 is 10.2 Å². The molecule has 2 nitrogen and oxygen atoms in total. The molecule has 17 heavy (non-hydrogen) atoms. The molecule has 1 aromatic carbocycles. The van der Waals surface area contributed by atoms with Crippen LogP contribution in [0.4, 0.5) is 0 Å². The lowest BCUT2D eigenvalue weighted by molar-refractivity contribution is 0.364. The first-order chi connectivity index (χ1) is 8.04. The minimum atomic E-state index is 0.398. The van der Waals surface area contributed by atoms with E-state index >= 15 is 0 Å². The molecule has 0 aliphatic carbocycles. The number of halogens is 2. The van der Waals surface area contributed by atoms with E-state index in [-0.39, 0.29) is 0 Å². The summed E-state index contributed by atoms with van der Waals surface area (Å²) in [6, 6.07) is 6.06. The first-order valence-corrected chi connectivity index (χ1v) is 6.55. The summed E-state index contributed by atoms with van der Waals surface area (Å²) >= 11 is 12.3. The second-order valence-corrected chi connectivity index (χ2v) is 5.30. The third-order valence-corrected chi connectivity index (χ3v) is 3.55. The van der Waals surface area contributed by atoms with Gasteiger partial charge in [-0.3, -0.25) is 0 Å². The number of rotatable bonds is 6. The van der Waals surface area contributed by atoms with Gasteiger partial charge in [0.05, 0.1) is 0 Å². The maximum absolute atomic E-state index is 6.17. The average Bonchev–Trinajstić information content (AvgIpc) is 2.27. The van der Waals surface area contributed by atoms with E-state index in [1.807, 2.05) is 25.2 Å². The fourth-order valence-electron chi connectivity index (χ4n) is 1.74. The highest BCUT2D eigenvalue weighted by Gasteiger charge is 2.12. The molecule has 0 aliphatic rings. The average molecular weight is 275 g/mol. The van der Waals surface area contributed by atoms with Gasteiger partial charge in [0.15, 0.2) is 0 Å². The molecule has 1 aromatic rings. The third kappa shape index (κ3) is 4.84. The lowest BCUT2D eigenvalue weighted by atomic mass is 10.0. The monoisotopic (exact) mass is 274 g/mol. The van der Waals surface area contributed by atoms with E-state index in [1.165, 1.54) is 0 Å². The zero-order valence-corrected chi connectivity index (χ0v) is 12.1. The molecule has 4 heteroatoms. The Labute approximate surface area is 114 Å². The molecule has 0 amide bonds. The van der Waals surface area contributed by atoms with Crippen molar-refractivity contribution in [1.82, 2.24) is 10.2 Å². The molecule has 0 aromatic heterocycles. The molecular formula is C13H20Cl2N2. The molecule has 1 atom stereocenters. The molecule has 1 unspecified atom stereocenters. The molecule has 0 heterocycles. The lowest BCUT2D eigenvalue weighted by Gasteiger charge is -2.20. The Morgan fingerprint density at radius 2 is 1.82 bits per heavy atom. The highest BCUT2D eigenvalue weighted by atomic mass is 35.5. The second-order valence-electron chi connectivity index (χ2n) is 4.48. The standard InChI is InChI=1S/C13H20Cl2N2/c1-16-10(7-8-17(2)3)9-11-12(14)5-4-6-13(11)15/h4-6,10,16H,7-9H2,1-3H3. The molecule has 0 spiro atoms. The van der Waals surface area contributed by atoms with Crippen molar-refractivity contribution in [2.24, 2.45) is 0 Å². The fourth-order valence-corrected chi connectivity index (χ4v) is 2.29. The van der Waals surface area contributed by atoms with Crippen LogP contribution in [0.15, 0.2) is 18.2 Å². The van der Waals surface area contributed by atoms with E-state index in [9.17, 15) is 0 Å². The molecule has 0 saturated heterocycles. The molecule has 1 N–H and O–H groups in total. The number of nitrogens with zero attached hydrogens (tertiary/aromatic N) is 1. The Morgan fingerprint density at radius 3 is 2.29 bits per heavy atom.